The summed E-state index contributed by atoms with van der Waals surface area (Å²) in [6.45, 7) is 5.99. The number of halogens is 2. The SMILES string of the molecule is CC[C@@H]1CN(c2nc(=O)n(C)c3ccc(C#N)nc23)[C@@H](CC)CN1Cc1ccc2c(c1)OC(F)(F)O2. The highest BCUT2D eigenvalue weighted by atomic mass is 19.3. The summed E-state index contributed by atoms with van der Waals surface area (Å²) in [5.74, 6) is 0.548. The van der Waals surface area contributed by atoms with Crippen LogP contribution in [0.4, 0.5) is 14.6 Å². The van der Waals surface area contributed by atoms with Gasteiger partial charge in [0.1, 0.15) is 17.3 Å². The Labute approximate surface area is 206 Å². The Hall–Kier alpha value is -3.78. The maximum absolute atomic E-state index is 13.4. The standard InChI is InChI=1S/C25H26F2N6O3/c1-4-17-14-33(23-22-19(31(3)24(34)30-23)8-7-16(11-28)29-22)18(5-2)13-32(17)12-15-6-9-20-21(10-15)36-25(26,27)35-20/h6-10,17-18H,4-5,12-14H2,1-3H3/t17-,18+/m1/s1. The monoisotopic (exact) mass is 496 g/mol. The molecule has 36 heavy (non-hydrogen) atoms. The van der Waals surface area contributed by atoms with E-state index in [0.29, 0.717) is 36.5 Å². The Morgan fingerprint density at radius 2 is 1.83 bits per heavy atom. The van der Waals surface area contributed by atoms with Crippen molar-refractivity contribution in [3.63, 3.8) is 0 Å². The maximum Gasteiger partial charge on any atom is 0.586 e. The molecule has 9 nitrogen and oxygen atoms in total. The molecule has 1 saturated heterocycles. The molecule has 2 aliphatic rings. The number of pyridine rings is 1. The second kappa shape index (κ2) is 9.02. The summed E-state index contributed by atoms with van der Waals surface area (Å²) in [5, 5.41) is 9.38. The average molecular weight is 497 g/mol. The quantitative estimate of drug-likeness (QED) is 0.530. The number of hydrogen-bond acceptors (Lipinski definition) is 8. The number of benzene rings is 1. The van der Waals surface area contributed by atoms with E-state index >= 15 is 0 Å². The van der Waals surface area contributed by atoms with E-state index in [-0.39, 0.29) is 35.0 Å². The van der Waals surface area contributed by atoms with Crippen LogP contribution in [0.2, 0.25) is 0 Å². The molecular formula is C25H26F2N6O3. The number of fused-ring (bicyclic) bond motifs is 2. The van der Waals surface area contributed by atoms with Crippen molar-refractivity contribution in [3.8, 4) is 17.6 Å². The average Bonchev–Trinajstić information content (AvgIpc) is 3.18. The number of aryl methyl sites for hydroxylation is 1. The fraction of sp³-hybridized carbons (Fsp3) is 0.440. The third-order valence-electron chi connectivity index (χ3n) is 6.93. The van der Waals surface area contributed by atoms with Gasteiger partial charge in [0.15, 0.2) is 17.3 Å². The predicted molar refractivity (Wildman–Crippen MR) is 128 cm³/mol. The van der Waals surface area contributed by atoms with Crippen LogP contribution >= 0.6 is 0 Å². The molecule has 1 fully saturated rings. The highest BCUT2D eigenvalue weighted by Crippen LogP contribution is 2.41. The smallest absolute Gasteiger partial charge is 0.395 e. The molecule has 0 bridgehead atoms. The number of rotatable bonds is 5. The van der Waals surface area contributed by atoms with Gasteiger partial charge < -0.3 is 14.4 Å². The lowest BCUT2D eigenvalue weighted by Gasteiger charge is -2.47. The number of nitriles is 1. The summed E-state index contributed by atoms with van der Waals surface area (Å²) in [4.78, 5) is 26.0. The highest BCUT2D eigenvalue weighted by molar-refractivity contribution is 5.86. The van der Waals surface area contributed by atoms with E-state index in [0.717, 1.165) is 18.4 Å². The summed E-state index contributed by atoms with van der Waals surface area (Å²) < 4.78 is 37.5. The maximum atomic E-state index is 13.4. The molecule has 3 aromatic rings. The van der Waals surface area contributed by atoms with E-state index in [1.54, 1.807) is 31.3 Å². The fourth-order valence-electron chi connectivity index (χ4n) is 5.00. The molecule has 0 radical (unpaired) electrons. The van der Waals surface area contributed by atoms with Crippen molar-refractivity contribution in [2.75, 3.05) is 18.0 Å². The molecule has 0 aliphatic carbocycles. The largest absolute Gasteiger partial charge is 0.586 e. The number of ether oxygens (including phenoxy) is 2. The van der Waals surface area contributed by atoms with Crippen molar-refractivity contribution in [1.29, 1.82) is 5.26 Å². The second-order valence-electron chi connectivity index (χ2n) is 9.11. The minimum atomic E-state index is -3.65. The van der Waals surface area contributed by atoms with Gasteiger partial charge in [-0.1, -0.05) is 19.9 Å². The number of alkyl halides is 2. The zero-order valence-electron chi connectivity index (χ0n) is 20.2. The number of aromatic nitrogens is 3. The third-order valence-corrected chi connectivity index (χ3v) is 6.93. The highest BCUT2D eigenvalue weighted by Gasteiger charge is 2.43. The van der Waals surface area contributed by atoms with Crippen LogP contribution in [0.1, 0.15) is 37.9 Å². The first-order valence-electron chi connectivity index (χ1n) is 11.9. The van der Waals surface area contributed by atoms with Crippen LogP contribution in [0.5, 0.6) is 11.5 Å². The Balaban J connectivity index is 1.46. The van der Waals surface area contributed by atoms with Gasteiger partial charge in [0, 0.05) is 38.8 Å². The molecule has 0 saturated carbocycles. The molecule has 5 rings (SSSR count). The lowest BCUT2D eigenvalue weighted by Crippen LogP contribution is -2.58. The number of nitrogens with zero attached hydrogens (tertiary/aromatic N) is 6. The Kier molecular flexibility index (Phi) is 6.00. The molecule has 2 aliphatic heterocycles. The third kappa shape index (κ3) is 4.22. The zero-order chi connectivity index (χ0) is 25.6. The molecule has 2 atom stereocenters. The van der Waals surface area contributed by atoms with Crippen LogP contribution in [-0.4, -0.2) is 50.9 Å². The summed E-state index contributed by atoms with van der Waals surface area (Å²) in [5.41, 5.74) is 1.86. The van der Waals surface area contributed by atoms with E-state index in [1.807, 2.05) is 0 Å². The first-order chi connectivity index (χ1) is 17.2. The Morgan fingerprint density at radius 3 is 2.56 bits per heavy atom. The number of anilines is 1. The van der Waals surface area contributed by atoms with Crippen molar-refractivity contribution in [3.05, 3.63) is 52.1 Å². The van der Waals surface area contributed by atoms with Crippen LogP contribution in [0, 0.1) is 11.3 Å². The van der Waals surface area contributed by atoms with Gasteiger partial charge in [-0.3, -0.25) is 9.47 Å². The van der Waals surface area contributed by atoms with Gasteiger partial charge >= 0.3 is 12.0 Å². The van der Waals surface area contributed by atoms with Crippen LogP contribution in [0.3, 0.4) is 0 Å². The first kappa shape index (κ1) is 23.9. The first-order valence-corrected chi connectivity index (χ1v) is 11.9. The molecule has 0 amide bonds. The molecular weight excluding hydrogens is 470 g/mol. The molecule has 188 valence electrons. The van der Waals surface area contributed by atoms with Crippen LogP contribution in [-0.2, 0) is 13.6 Å². The van der Waals surface area contributed by atoms with Gasteiger partial charge in [-0.15, -0.1) is 8.78 Å². The number of hydrogen-bond donors (Lipinski definition) is 0. The topological polar surface area (TPSA) is 96.5 Å². The van der Waals surface area contributed by atoms with Crippen molar-refractivity contribution >= 4 is 16.9 Å². The lowest BCUT2D eigenvalue weighted by molar-refractivity contribution is -0.286. The Bertz CT molecular complexity index is 1420. The van der Waals surface area contributed by atoms with Crippen LogP contribution in [0.25, 0.3) is 11.0 Å². The fourth-order valence-corrected chi connectivity index (χ4v) is 5.00. The lowest BCUT2D eigenvalue weighted by atomic mass is 10.0. The summed E-state index contributed by atoms with van der Waals surface area (Å²) in [6, 6.07) is 10.4. The van der Waals surface area contributed by atoms with Gasteiger partial charge in [0.25, 0.3) is 0 Å². The zero-order valence-corrected chi connectivity index (χ0v) is 20.2. The van der Waals surface area contributed by atoms with E-state index in [4.69, 9.17) is 0 Å². The van der Waals surface area contributed by atoms with Gasteiger partial charge in [0.05, 0.1) is 5.52 Å². The second-order valence-corrected chi connectivity index (χ2v) is 9.11. The minimum Gasteiger partial charge on any atom is -0.395 e. The minimum absolute atomic E-state index is 0.0277. The van der Waals surface area contributed by atoms with E-state index in [9.17, 15) is 18.8 Å². The molecule has 4 heterocycles. The van der Waals surface area contributed by atoms with Crippen molar-refractivity contribution < 1.29 is 18.3 Å². The Morgan fingerprint density at radius 1 is 1.08 bits per heavy atom. The molecule has 0 N–H and O–H groups in total. The van der Waals surface area contributed by atoms with Crippen LogP contribution < -0.4 is 20.1 Å². The summed E-state index contributed by atoms with van der Waals surface area (Å²) >= 11 is 0. The van der Waals surface area contributed by atoms with Crippen molar-refractivity contribution in [2.45, 2.75) is 51.6 Å². The molecule has 0 unspecified atom stereocenters. The number of piperazine rings is 1. The normalized spacial score (nSPS) is 21.1. The van der Waals surface area contributed by atoms with E-state index in [1.165, 1.54) is 10.6 Å². The van der Waals surface area contributed by atoms with E-state index < -0.39 is 6.29 Å². The molecule has 1 aromatic carbocycles. The van der Waals surface area contributed by atoms with Crippen molar-refractivity contribution in [1.82, 2.24) is 19.4 Å². The summed E-state index contributed by atoms with van der Waals surface area (Å²) in [6.07, 6.45) is -2.03. The van der Waals surface area contributed by atoms with E-state index in [2.05, 4.69) is 49.2 Å². The van der Waals surface area contributed by atoms with Gasteiger partial charge in [-0.05, 0) is 42.7 Å². The molecule has 11 heteroatoms. The molecule has 2 aromatic heterocycles. The van der Waals surface area contributed by atoms with Crippen LogP contribution in [0.15, 0.2) is 35.1 Å². The van der Waals surface area contributed by atoms with Gasteiger partial charge in [0.2, 0.25) is 0 Å². The predicted octanol–water partition coefficient (Wildman–Crippen LogP) is 3.40. The summed E-state index contributed by atoms with van der Waals surface area (Å²) in [7, 11) is 1.64. The van der Waals surface area contributed by atoms with Crippen molar-refractivity contribution in [2.24, 2.45) is 7.05 Å². The molecule has 0 spiro atoms. The van der Waals surface area contributed by atoms with Gasteiger partial charge in [-0.25, -0.2) is 9.78 Å². The van der Waals surface area contributed by atoms with Gasteiger partial charge in [-0.2, -0.15) is 10.2 Å².